The zero-order valence-corrected chi connectivity index (χ0v) is 14.9. The molecular weight excluding hydrogens is 328 g/mol. The van der Waals surface area contributed by atoms with Gasteiger partial charge in [0.25, 0.3) is 0 Å². The van der Waals surface area contributed by atoms with Crippen LogP contribution in [0, 0.1) is 0 Å². The third-order valence-electron chi connectivity index (χ3n) is 3.28. The van der Waals surface area contributed by atoms with E-state index in [1.807, 2.05) is 36.5 Å². The first kappa shape index (κ1) is 16.1. The fourth-order valence-corrected chi connectivity index (χ4v) is 4.17. The van der Waals surface area contributed by atoms with Gasteiger partial charge in [-0.25, -0.2) is 9.97 Å². The molecule has 0 radical (unpaired) electrons. The first-order valence-corrected chi connectivity index (χ1v) is 9.42. The fourth-order valence-electron chi connectivity index (χ4n) is 2.00. The van der Waals surface area contributed by atoms with Crippen LogP contribution in [0.25, 0.3) is 11.3 Å². The summed E-state index contributed by atoms with van der Waals surface area (Å²) in [5.41, 5.74) is 0.977. The van der Waals surface area contributed by atoms with E-state index in [2.05, 4.69) is 30.7 Å². The smallest absolute Gasteiger partial charge is 0.207 e. The number of rotatable bonds is 4. The van der Waals surface area contributed by atoms with Crippen molar-refractivity contribution in [1.29, 1.82) is 0 Å². The molecule has 120 valence electrons. The van der Waals surface area contributed by atoms with Gasteiger partial charge in [0, 0.05) is 16.6 Å². The van der Waals surface area contributed by atoms with Crippen LogP contribution in [0.15, 0.2) is 51.5 Å². The molecule has 0 unspecified atom stereocenters. The molecule has 0 amide bonds. The van der Waals surface area contributed by atoms with Gasteiger partial charge >= 0.3 is 0 Å². The Labute approximate surface area is 142 Å². The van der Waals surface area contributed by atoms with Crippen LogP contribution >= 0.6 is 11.3 Å². The number of hydrogen-bond donors (Lipinski definition) is 0. The molecule has 2 heterocycles. The number of oxazole rings is 1. The molecule has 0 saturated carbocycles. The van der Waals surface area contributed by atoms with E-state index < -0.39 is 10.8 Å². The third kappa shape index (κ3) is 3.76. The molecule has 4 nitrogen and oxygen atoms in total. The number of benzene rings is 1. The summed E-state index contributed by atoms with van der Waals surface area (Å²) >= 11 is 1.49. The van der Waals surface area contributed by atoms with Crippen molar-refractivity contribution in [3.8, 4) is 11.3 Å². The van der Waals surface area contributed by atoms with E-state index in [9.17, 15) is 4.21 Å². The number of thiazole rings is 1. The molecule has 1 aromatic carbocycles. The Morgan fingerprint density at radius 2 is 1.87 bits per heavy atom. The molecule has 1 atom stereocenters. The van der Waals surface area contributed by atoms with Gasteiger partial charge in [-0.05, 0) is 5.41 Å². The summed E-state index contributed by atoms with van der Waals surface area (Å²) in [6.45, 7) is 6.36. The number of hydrogen-bond acceptors (Lipinski definition) is 5. The summed E-state index contributed by atoms with van der Waals surface area (Å²) in [6, 6.07) is 9.75. The van der Waals surface area contributed by atoms with Crippen molar-refractivity contribution in [3.05, 3.63) is 53.5 Å². The monoisotopic (exact) mass is 346 g/mol. The van der Waals surface area contributed by atoms with Crippen molar-refractivity contribution in [2.75, 3.05) is 0 Å². The lowest BCUT2D eigenvalue weighted by Crippen LogP contribution is -2.07. The molecule has 0 fully saturated rings. The Morgan fingerprint density at radius 1 is 1.13 bits per heavy atom. The molecule has 0 bridgehead atoms. The summed E-state index contributed by atoms with van der Waals surface area (Å²) in [5.74, 6) is 1.39. The van der Waals surface area contributed by atoms with Gasteiger partial charge in [-0.3, -0.25) is 4.21 Å². The lowest BCUT2D eigenvalue weighted by molar-refractivity contribution is 0.527. The van der Waals surface area contributed by atoms with E-state index in [1.165, 1.54) is 11.3 Å². The maximum Gasteiger partial charge on any atom is 0.207 e. The standard InChI is InChI=1S/C17H18N2O2S2/c1-17(2,3)14-10-19-16(22-14)23(20)11-15-18-9-13(21-15)12-7-5-4-6-8-12/h4-10H,11H2,1-3H3/t23-/m1/s1. The summed E-state index contributed by atoms with van der Waals surface area (Å²) in [5, 5.41) is 0. The van der Waals surface area contributed by atoms with Crippen LogP contribution in [0.3, 0.4) is 0 Å². The van der Waals surface area contributed by atoms with Crippen molar-refractivity contribution in [2.24, 2.45) is 0 Å². The summed E-state index contributed by atoms with van der Waals surface area (Å²) in [6.07, 6.45) is 3.48. The highest BCUT2D eigenvalue weighted by Crippen LogP contribution is 2.30. The van der Waals surface area contributed by atoms with Gasteiger partial charge in [-0.1, -0.05) is 51.1 Å². The van der Waals surface area contributed by atoms with Crippen LogP contribution in [0.5, 0.6) is 0 Å². The van der Waals surface area contributed by atoms with Gasteiger partial charge in [0.15, 0.2) is 10.1 Å². The Balaban J connectivity index is 1.74. The van der Waals surface area contributed by atoms with Crippen LogP contribution in [-0.4, -0.2) is 14.2 Å². The van der Waals surface area contributed by atoms with Crippen LogP contribution in [-0.2, 0) is 22.0 Å². The predicted molar refractivity (Wildman–Crippen MR) is 92.9 cm³/mol. The SMILES string of the molecule is CC(C)(C)c1cnc([S@](=O)Cc2ncc(-c3ccccc3)o2)s1. The van der Waals surface area contributed by atoms with Gasteiger partial charge in [0.2, 0.25) is 5.89 Å². The summed E-state index contributed by atoms with van der Waals surface area (Å²) in [4.78, 5) is 9.65. The van der Waals surface area contributed by atoms with Gasteiger partial charge in [0.1, 0.15) is 5.75 Å². The van der Waals surface area contributed by atoms with E-state index in [1.54, 1.807) is 6.20 Å². The lowest BCUT2D eigenvalue weighted by atomic mass is 9.96. The molecule has 0 spiro atoms. The van der Waals surface area contributed by atoms with Gasteiger partial charge in [0.05, 0.1) is 17.0 Å². The van der Waals surface area contributed by atoms with Crippen LogP contribution in [0.1, 0.15) is 31.5 Å². The Kier molecular flexibility index (Phi) is 4.46. The van der Waals surface area contributed by atoms with Crippen molar-refractivity contribution >= 4 is 22.1 Å². The minimum atomic E-state index is -1.24. The molecule has 0 aliphatic heterocycles. The molecule has 6 heteroatoms. The van der Waals surface area contributed by atoms with Crippen molar-refractivity contribution in [1.82, 2.24) is 9.97 Å². The van der Waals surface area contributed by atoms with Crippen molar-refractivity contribution in [2.45, 2.75) is 36.3 Å². The number of aromatic nitrogens is 2. The first-order valence-electron chi connectivity index (χ1n) is 7.28. The molecule has 3 aromatic rings. The van der Waals surface area contributed by atoms with E-state index in [0.29, 0.717) is 16.0 Å². The Hall–Kier alpha value is -1.79. The van der Waals surface area contributed by atoms with E-state index in [-0.39, 0.29) is 11.2 Å². The van der Waals surface area contributed by atoms with Crippen molar-refractivity contribution < 1.29 is 8.63 Å². The average molecular weight is 346 g/mol. The highest BCUT2D eigenvalue weighted by Gasteiger charge is 2.20. The number of nitrogens with zero attached hydrogens (tertiary/aromatic N) is 2. The van der Waals surface area contributed by atoms with Gasteiger partial charge < -0.3 is 4.42 Å². The second-order valence-electron chi connectivity index (χ2n) is 6.21. The molecule has 3 rings (SSSR count). The molecule has 0 N–H and O–H groups in total. The quantitative estimate of drug-likeness (QED) is 0.702. The van der Waals surface area contributed by atoms with Gasteiger partial charge in [-0.15, -0.1) is 11.3 Å². The summed E-state index contributed by atoms with van der Waals surface area (Å²) < 4.78 is 18.8. The van der Waals surface area contributed by atoms with Crippen molar-refractivity contribution in [3.63, 3.8) is 0 Å². The highest BCUT2D eigenvalue weighted by atomic mass is 32.2. The van der Waals surface area contributed by atoms with Gasteiger partial charge in [-0.2, -0.15) is 0 Å². The molecule has 0 aliphatic rings. The minimum Gasteiger partial charge on any atom is -0.440 e. The molecule has 2 aromatic heterocycles. The van der Waals surface area contributed by atoms with Crippen LogP contribution in [0.4, 0.5) is 0 Å². The third-order valence-corrected chi connectivity index (χ3v) is 6.31. The Morgan fingerprint density at radius 3 is 2.52 bits per heavy atom. The molecule has 0 aliphatic carbocycles. The lowest BCUT2D eigenvalue weighted by Gasteiger charge is -2.14. The van der Waals surface area contributed by atoms with Crippen LogP contribution < -0.4 is 0 Å². The van der Waals surface area contributed by atoms with E-state index >= 15 is 0 Å². The largest absolute Gasteiger partial charge is 0.440 e. The van der Waals surface area contributed by atoms with E-state index in [0.717, 1.165) is 10.4 Å². The first-order chi connectivity index (χ1) is 10.9. The minimum absolute atomic E-state index is 0.0174. The molecular formula is C17H18N2O2S2. The zero-order chi connectivity index (χ0) is 16.4. The Bertz CT molecular complexity index is 816. The second-order valence-corrected chi connectivity index (χ2v) is 8.87. The van der Waals surface area contributed by atoms with E-state index in [4.69, 9.17) is 4.42 Å². The fraction of sp³-hybridized carbons (Fsp3) is 0.294. The normalized spacial score (nSPS) is 13.2. The zero-order valence-electron chi connectivity index (χ0n) is 13.3. The topological polar surface area (TPSA) is 56.0 Å². The maximum atomic E-state index is 12.5. The average Bonchev–Trinajstić information content (AvgIpc) is 3.17. The van der Waals surface area contributed by atoms with Crippen LogP contribution in [0.2, 0.25) is 0 Å². The predicted octanol–water partition coefficient (Wildman–Crippen LogP) is 4.40. The maximum absolute atomic E-state index is 12.5. The summed E-state index contributed by atoms with van der Waals surface area (Å²) in [7, 11) is -1.24. The highest BCUT2D eigenvalue weighted by molar-refractivity contribution is 7.86. The second kappa shape index (κ2) is 6.37. The molecule has 0 saturated heterocycles. The molecule has 23 heavy (non-hydrogen) atoms.